The van der Waals surface area contributed by atoms with Crippen molar-refractivity contribution in [1.82, 2.24) is 14.9 Å². The van der Waals surface area contributed by atoms with Crippen LogP contribution in [0.25, 0.3) is 16.5 Å². The third-order valence-corrected chi connectivity index (χ3v) is 5.92. The maximum Gasteiger partial charge on any atom is 0.295 e. The minimum atomic E-state index is -0.447. The quantitative estimate of drug-likeness (QED) is 0.533. The molecule has 0 aliphatic carbocycles. The highest BCUT2D eigenvalue weighted by Gasteiger charge is 2.28. The number of hydrogen-bond donors (Lipinski definition) is 1. The van der Waals surface area contributed by atoms with E-state index in [0.29, 0.717) is 18.7 Å². The number of carbonyl (C=O) groups excluding carboxylic acids is 2. The van der Waals surface area contributed by atoms with E-state index in [2.05, 4.69) is 29.0 Å². The van der Waals surface area contributed by atoms with Crippen molar-refractivity contribution in [2.75, 3.05) is 13.1 Å². The number of hydrogen-bond acceptors (Lipinski definition) is 3. The van der Waals surface area contributed by atoms with Gasteiger partial charge in [-0.15, -0.1) is 0 Å². The predicted octanol–water partition coefficient (Wildman–Crippen LogP) is 4.46. The van der Waals surface area contributed by atoms with Crippen molar-refractivity contribution >= 4 is 28.2 Å². The number of rotatable bonds is 3. The summed E-state index contributed by atoms with van der Waals surface area (Å²) in [5.41, 5.74) is 6.83. The van der Waals surface area contributed by atoms with Crippen LogP contribution in [-0.2, 0) is 4.79 Å². The predicted molar refractivity (Wildman–Crippen MR) is 115 cm³/mol. The fourth-order valence-electron chi connectivity index (χ4n) is 4.13. The molecule has 1 N–H and O–H groups in total. The van der Waals surface area contributed by atoms with Gasteiger partial charge in [0.25, 0.3) is 11.7 Å². The lowest BCUT2D eigenvalue weighted by Gasteiger charge is -2.29. The van der Waals surface area contributed by atoms with Gasteiger partial charge in [-0.05, 0) is 50.3 Å². The van der Waals surface area contributed by atoms with E-state index in [0.717, 1.165) is 35.0 Å². The van der Waals surface area contributed by atoms with E-state index in [4.69, 9.17) is 0 Å². The summed E-state index contributed by atoms with van der Waals surface area (Å²) in [7, 11) is 0. The molecule has 0 saturated carbocycles. The van der Waals surface area contributed by atoms with Gasteiger partial charge in [-0.1, -0.05) is 35.9 Å². The number of aromatic amines is 1. The van der Waals surface area contributed by atoms with E-state index in [1.54, 1.807) is 17.3 Å². The number of aryl methyl sites for hydroxylation is 2. The molecule has 1 fully saturated rings. The number of fused-ring (bicyclic) bond motifs is 1. The van der Waals surface area contributed by atoms with Gasteiger partial charge in [0.15, 0.2) is 0 Å². The first-order chi connectivity index (χ1) is 14.0. The van der Waals surface area contributed by atoms with Gasteiger partial charge in [0.2, 0.25) is 0 Å². The Balaban J connectivity index is 1.52. The molecule has 1 aromatic carbocycles. The van der Waals surface area contributed by atoms with E-state index in [-0.39, 0.29) is 0 Å². The fourth-order valence-corrected chi connectivity index (χ4v) is 4.13. The van der Waals surface area contributed by atoms with Gasteiger partial charge in [-0.3, -0.25) is 14.6 Å². The second-order valence-electron chi connectivity index (χ2n) is 7.69. The summed E-state index contributed by atoms with van der Waals surface area (Å²) in [4.78, 5) is 35.0. The molecule has 0 radical (unpaired) electrons. The van der Waals surface area contributed by atoms with Gasteiger partial charge < -0.3 is 9.88 Å². The van der Waals surface area contributed by atoms with Crippen LogP contribution in [0.1, 0.15) is 46.9 Å². The Kier molecular flexibility index (Phi) is 5.05. The number of aromatic nitrogens is 2. The van der Waals surface area contributed by atoms with E-state index in [1.807, 2.05) is 32.0 Å². The minimum absolute atomic E-state index is 0.420. The molecule has 1 amide bonds. The number of nitrogens with one attached hydrogen (secondary N) is 1. The number of Topliss-reactive ketones (excluding diaryl/α,β-unsaturated/α-hetero) is 1. The number of carbonyl (C=O) groups is 2. The van der Waals surface area contributed by atoms with Gasteiger partial charge in [0.05, 0.1) is 16.8 Å². The summed E-state index contributed by atoms with van der Waals surface area (Å²) in [5, 5.41) is 0.799. The minimum Gasteiger partial charge on any atom is -0.359 e. The van der Waals surface area contributed by atoms with Gasteiger partial charge >= 0.3 is 0 Å². The molecular weight excluding hydrogens is 362 g/mol. The number of allylic oxidation sites excluding steroid dienone is 1. The topological polar surface area (TPSA) is 66.1 Å². The lowest BCUT2D eigenvalue weighted by atomic mass is 9.94. The molecule has 148 valence electrons. The standard InChI is InChI=1S/C24H25N3O2/c1-15-13-25-17(3)22-21(15)20(14-26-22)23(28)24(29)27-11-9-19(10-12-27)16(2)18-7-5-4-6-8-18/h4-8,13-14,26H,9-12H2,1-3H3. The molecular formula is C24H25N3O2. The maximum absolute atomic E-state index is 13.0. The van der Waals surface area contributed by atoms with Crippen LogP contribution < -0.4 is 0 Å². The zero-order valence-corrected chi connectivity index (χ0v) is 17.1. The summed E-state index contributed by atoms with van der Waals surface area (Å²) < 4.78 is 0. The smallest absolute Gasteiger partial charge is 0.295 e. The van der Waals surface area contributed by atoms with Crippen LogP contribution in [0.15, 0.2) is 48.3 Å². The fraction of sp³-hybridized carbons (Fsp3) is 0.292. The highest BCUT2D eigenvalue weighted by Crippen LogP contribution is 2.28. The molecule has 1 aliphatic rings. The third kappa shape index (κ3) is 3.48. The lowest BCUT2D eigenvalue weighted by Crippen LogP contribution is -2.40. The van der Waals surface area contributed by atoms with Gasteiger partial charge in [-0.25, -0.2) is 0 Å². The van der Waals surface area contributed by atoms with Crippen LogP contribution in [0, 0.1) is 13.8 Å². The zero-order valence-electron chi connectivity index (χ0n) is 17.1. The first-order valence-corrected chi connectivity index (χ1v) is 9.98. The molecule has 3 heterocycles. The number of ketones is 1. The van der Waals surface area contributed by atoms with Crippen LogP contribution in [-0.4, -0.2) is 39.6 Å². The Morgan fingerprint density at radius 2 is 1.76 bits per heavy atom. The van der Waals surface area contributed by atoms with Crippen molar-refractivity contribution in [3.8, 4) is 0 Å². The molecule has 5 heteroatoms. The summed E-state index contributed by atoms with van der Waals surface area (Å²) in [6, 6.07) is 10.3. The number of amides is 1. The van der Waals surface area contributed by atoms with E-state index < -0.39 is 11.7 Å². The van der Waals surface area contributed by atoms with Crippen LogP contribution in [0.5, 0.6) is 0 Å². The molecule has 5 nitrogen and oxygen atoms in total. The Morgan fingerprint density at radius 3 is 2.45 bits per heavy atom. The highest BCUT2D eigenvalue weighted by molar-refractivity contribution is 6.45. The largest absolute Gasteiger partial charge is 0.359 e. The van der Waals surface area contributed by atoms with Gasteiger partial charge in [0, 0.05) is 30.9 Å². The van der Waals surface area contributed by atoms with Crippen molar-refractivity contribution in [2.24, 2.45) is 0 Å². The number of H-pyrrole nitrogens is 1. The Bertz CT molecular complexity index is 1120. The molecule has 1 aliphatic heterocycles. The van der Waals surface area contributed by atoms with E-state index in [1.165, 1.54) is 16.7 Å². The first-order valence-electron chi connectivity index (χ1n) is 9.98. The monoisotopic (exact) mass is 387 g/mol. The molecule has 3 aromatic rings. The SMILES string of the molecule is CC(=C1CCN(C(=O)C(=O)c2c[nH]c3c(C)ncc(C)c23)CC1)c1ccccc1. The number of piperidine rings is 1. The Hall–Kier alpha value is -3.21. The van der Waals surface area contributed by atoms with Crippen LogP contribution in [0.4, 0.5) is 0 Å². The number of nitrogens with zero attached hydrogens (tertiary/aromatic N) is 2. The Morgan fingerprint density at radius 1 is 1.07 bits per heavy atom. The molecule has 2 aromatic heterocycles. The van der Waals surface area contributed by atoms with Crippen LogP contribution >= 0.6 is 0 Å². The second-order valence-corrected chi connectivity index (χ2v) is 7.69. The van der Waals surface area contributed by atoms with Crippen molar-refractivity contribution in [1.29, 1.82) is 0 Å². The summed E-state index contributed by atoms with van der Waals surface area (Å²) in [6.07, 6.45) is 4.99. The van der Waals surface area contributed by atoms with Crippen LogP contribution in [0.3, 0.4) is 0 Å². The van der Waals surface area contributed by atoms with Gasteiger partial charge in [0.1, 0.15) is 0 Å². The molecule has 1 saturated heterocycles. The Labute approximate surface area is 170 Å². The zero-order chi connectivity index (χ0) is 20.5. The number of pyridine rings is 1. The first kappa shape index (κ1) is 19.1. The number of likely N-dealkylation sites (tertiary alicyclic amines) is 1. The molecule has 0 spiro atoms. The summed E-state index contributed by atoms with van der Waals surface area (Å²) >= 11 is 0. The lowest BCUT2D eigenvalue weighted by molar-refractivity contribution is -0.126. The van der Waals surface area contributed by atoms with Crippen molar-refractivity contribution in [3.05, 3.63) is 70.7 Å². The maximum atomic E-state index is 13.0. The average Bonchev–Trinajstić information content (AvgIpc) is 3.22. The van der Waals surface area contributed by atoms with Crippen LogP contribution in [0.2, 0.25) is 0 Å². The third-order valence-electron chi connectivity index (χ3n) is 5.92. The molecule has 0 unspecified atom stereocenters. The summed E-state index contributed by atoms with van der Waals surface area (Å²) in [5.74, 6) is -0.867. The van der Waals surface area contributed by atoms with Crippen molar-refractivity contribution in [3.63, 3.8) is 0 Å². The molecule has 29 heavy (non-hydrogen) atoms. The normalized spacial score (nSPS) is 14.3. The molecule has 4 rings (SSSR count). The van der Waals surface area contributed by atoms with E-state index >= 15 is 0 Å². The van der Waals surface area contributed by atoms with Crippen molar-refractivity contribution < 1.29 is 9.59 Å². The summed E-state index contributed by atoms with van der Waals surface area (Å²) in [6.45, 7) is 7.09. The van der Waals surface area contributed by atoms with E-state index in [9.17, 15) is 9.59 Å². The molecule has 0 bridgehead atoms. The number of benzene rings is 1. The average molecular weight is 387 g/mol. The highest BCUT2D eigenvalue weighted by atomic mass is 16.2. The van der Waals surface area contributed by atoms with Gasteiger partial charge in [-0.2, -0.15) is 0 Å². The second kappa shape index (κ2) is 7.66. The molecule has 0 atom stereocenters. The van der Waals surface area contributed by atoms with Crippen molar-refractivity contribution in [2.45, 2.75) is 33.6 Å².